The second-order valence-electron chi connectivity index (χ2n) is 6.97. The summed E-state index contributed by atoms with van der Waals surface area (Å²) in [6, 6.07) is 11.5. The summed E-state index contributed by atoms with van der Waals surface area (Å²) in [5.74, 6) is -0.419. The minimum absolute atomic E-state index is 0.0682. The van der Waals surface area contributed by atoms with E-state index in [1.54, 1.807) is 37.4 Å². The first-order valence-electron chi connectivity index (χ1n) is 9.24. The number of nitrogens with zero attached hydrogens (tertiary/aromatic N) is 4. The SMILES string of the molecule is COc1ccc2c(c1)N(CN1CCN(c3ccc([N+](=O)[O-])cc3)CC1)C(=O)C2=O. The van der Waals surface area contributed by atoms with Crippen molar-refractivity contribution in [3.05, 3.63) is 58.1 Å². The highest BCUT2D eigenvalue weighted by Gasteiger charge is 2.37. The number of amides is 1. The summed E-state index contributed by atoms with van der Waals surface area (Å²) in [6.07, 6.45) is 0. The van der Waals surface area contributed by atoms with Crippen molar-refractivity contribution in [1.82, 2.24) is 4.90 Å². The summed E-state index contributed by atoms with van der Waals surface area (Å²) in [4.78, 5) is 40.8. The molecule has 0 unspecified atom stereocenters. The molecule has 4 rings (SSSR count). The number of methoxy groups -OCH3 is 1. The zero-order valence-corrected chi connectivity index (χ0v) is 15.9. The second kappa shape index (κ2) is 7.51. The zero-order chi connectivity index (χ0) is 20.5. The van der Waals surface area contributed by atoms with Crippen LogP contribution < -0.4 is 14.5 Å². The Morgan fingerprint density at radius 2 is 1.72 bits per heavy atom. The van der Waals surface area contributed by atoms with Gasteiger partial charge in [-0.05, 0) is 24.3 Å². The van der Waals surface area contributed by atoms with E-state index in [2.05, 4.69) is 9.80 Å². The molecule has 0 radical (unpaired) electrons. The van der Waals surface area contributed by atoms with Crippen molar-refractivity contribution in [2.24, 2.45) is 0 Å². The van der Waals surface area contributed by atoms with Crippen molar-refractivity contribution < 1.29 is 19.2 Å². The third-order valence-electron chi connectivity index (χ3n) is 5.32. The van der Waals surface area contributed by atoms with Crippen molar-refractivity contribution in [2.75, 3.05) is 49.8 Å². The van der Waals surface area contributed by atoms with Crippen LogP contribution >= 0.6 is 0 Å². The average molecular weight is 396 g/mol. The monoisotopic (exact) mass is 396 g/mol. The van der Waals surface area contributed by atoms with Crippen LogP contribution in [0, 0.1) is 10.1 Å². The third-order valence-corrected chi connectivity index (χ3v) is 5.32. The number of ketones is 1. The van der Waals surface area contributed by atoms with Crippen LogP contribution in [0.25, 0.3) is 0 Å². The minimum Gasteiger partial charge on any atom is -0.497 e. The van der Waals surface area contributed by atoms with Crippen LogP contribution in [-0.4, -0.2) is 61.5 Å². The molecule has 1 fully saturated rings. The van der Waals surface area contributed by atoms with E-state index < -0.39 is 16.6 Å². The average Bonchev–Trinajstić information content (AvgIpc) is 2.98. The summed E-state index contributed by atoms with van der Waals surface area (Å²) < 4.78 is 5.22. The molecule has 150 valence electrons. The van der Waals surface area contributed by atoms with Gasteiger partial charge >= 0.3 is 5.91 Å². The van der Waals surface area contributed by atoms with Crippen LogP contribution in [0.4, 0.5) is 17.1 Å². The fraction of sp³-hybridized carbons (Fsp3) is 0.300. The summed E-state index contributed by atoms with van der Waals surface area (Å²) >= 11 is 0. The Morgan fingerprint density at radius 1 is 1.03 bits per heavy atom. The number of nitro benzene ring substituents is 1. The summed E-state index contributed by atoms with van der Waals surface area (Å²) in [7, 11) is 1.54. The predicted molar refractivity (Wildman–Crippen MR) is 107 cm³/mol. The van der Waals surface area contributed by atoms with Gasteiger partial charge in [0.15, 0.2) is 0 Å². The van der Waals surface area contributed by atoms with Gasteiger partial charge in [0.1, 0.15) is 5.75 Å². The number of nitro groups is 1. The molecule has 0 N–H and O–H groups in total. The van der Waals surface area contributed by atoms with E-state index in [-0.39, 0.29) is 5.69 Å². The molecule has 9 heteroatoms. The van der Waals surface area contributed by atoms with Crippen molar-refractivity contribution in [3.63, 3.8) is 0 Å². The Kier molecular flexibility index (Phi) is 4.89. The van der Waals surface area contributed by atoms with Gasteiger partial charge in [-0.15, -0.1) is 0 Å². The molecule has 2 heterocycles. The maximum Gasteiger partial charge on any atom is 0.300 e. The molecule has 29 heavy (non-hydrogen) atoms. The smallest absolute Gasteiger partial charge is 0.300 e. The molecular formula is C20H20N4O5. The number of benzene rings is 2. The minimum atomic E-state index is -0.522. The predicted octanol–water partition coefficient (Wildman–Crippen LogP) is 1.91. The van der Waals surface area contributed by atoms with Gasteiger partial charge in [-0.3, -0.25) is 29.5 Å². The molecule has 0 bridgehead atoms. The zero-order valence-electron chi connectivity index (χ0n) is 15.9. The van der Waals surface area contributed by atoms with E-state index >= 15 is 0 Å². The van der Waals surface area contributed by atoms with Crippen molar-refractivity contribution in [2.45, 2.75) is 0 Å². The van der Waals surface area contributed by atoms with Gasteiger partial charge in [-0.2, -0.15) is 0 Å². The first-order chi connectivity index (χ1) is 14.0. The standard InChI is InChI=1S/C20H20N4O5/c1-29-16-6-7-17-18(12-16)23(20(26)19(17)25)13-21-8-10-22(11-9-21)14-2-4-15(5-3-14)24(27)28/h2-7,12H,8-11,13H2,1H3. The number of hydrogen-bond donors (Lipinski definition) is 0. The number of fused-ring (bicyclic) bond motifs is 1. The quantitative estimate of drug-likeness (QED) is 0.433. The lowest BCUT2D eigenvalue weighted by Crippen LogP contribution is -2.51. The van der Waals surface area contributed by atoms with Gasteiger partial charge in [-0.1, -0.05) is 0 Å². The number of anilines is 2. The summed E-state index contributed by atoms with van der Waals surface area (Å²) in [6.45, 7) is 3.18. The van der Waals surface area contributed by atoms with Gasteiger partial charge in [-0.25, -0.2) is 0 Å². The molecule has 0 aliphatic carbocycles. The Bertz CT molecular complexity index is 967. The number of non-ortho nitro benzene ring substituents is 1. The Labute approximate surface area is 167 Å². The topological polar surface area (TPSA) is 96.2 Å². The number of hydrogen-bond acceptors (Lipinski definition) is 7. The first-order valence-corrected chi connectivity index (χ1v) is 9.24. The molecule has 0 atom stereocenters. The maximum atomic E-state index is 12.5. The van der Waals surface area contributed by atoms with Crippen molar-refractivity contribution >= 4 is 28.8 Å². The molecule has 2 aliphatic heterocycles. The van der Waals surface area contributed by atoms with E-state index in [0.29, 0.717) is 36.8 Å². The third kappa shape index (κ3) is 3.52. The van der Waals surface area contributed by atoms with Crippen LogP contribution in [0.1, 0.15) is 10.4 Å². The van der Waals surface area contributed by atoms with Gasteiger partial charge in [0, 0.05) is 50.1 Å². The van der Waals surface area contributed by atoms with E-state index in [9.17, 15) is 19.7 Å². The van der Waals surface area contributed by atoms with E-state index in [1.165, 1.54) is 17.0 Å². The number of carbonyl (C=O) groups excluding carboxylic acids is 2. The van der Waals surface area contributed by atoms with Gasteiger partial charge < -0.3 is 9.64 Å². The molecule has 9 nitrogen and oxygen atoms in total. The Morgan fingerprint density at radius 3 is 2.34 bits per heavy atom. The van der Waals surface area contributed by atoms with Crippen molar-refractivity contribution in [1.29, 1.82) is 0 Å². The van der Waals surface area contributed by atoms with Crippen LogP contribution in [0.3, 0.4) is 0 Å². The van der Waals surface area contributed by atoms with Gasteiger partial charge in [0.25, 0.3) is 11.5 Å². The number of rotatable bonds is 5. The van der Waals surface area contributed by atoms with Crippen LogP contribution in [0.15, 0.2) is 42.5 Å². The molecule has 2 aromatic carbocycles. The lowest BCUT2D eigenvalue weighted by molar-refractivity contribution is -0.384. The summed E-state index contributed by atoms with van der Waals surface area (Å²) in [5, 5.41) is 10.8. The van der Waals surface area contributed by atoms with E-state index in [0.717, 1.165) is 18.8 Å². The number of piperazine rings is 1. The molecular weight excluding hydrogens is 376 g/mol. The molecule has 1 amide bonds. The lowest BCUT2D eigenvalue weighted by atomic mass is 10.1. The number of ether oxygens (including phenoxy) is 1. The number of carbonyl (C=O) groups is 2. The molecule has 2 aromatic rings. The highest BCUT2D eigenvalue weighted by Crippen LogP contribution is 2.32. The first kappa shape index (κ1) is 18.9. The fourth-order valence-electron chi connectivity index (χ4n) is 3.67. The fourth-order valence-corrected chi connectivity index (χ4v) is 3.67. The van der Waals surface area contributed by atoms with Gasteiger partial charge in [0.05, 0.1) is 30.0 Å². The molecule has 0 aromatic heterocycles. The normalized spacial score (nSPS) is 16.9. The van der Waals surface area contributed by atoms with Crippen LogP contribution in [-0.2, 0) is 4.79 Å². The van der Waals surface area contributed by atoms with Crippen LogP contribution in [0.2, 0.25) is 0 Å². The molecule has 0 spiro atoms. The maximum absolute atomic E-state index is 12.5. The Balaban J connectivity index is 1.42. The summed E-state index contributed by atoms with van der Waals surface area (Å²) in [5.41, 5.74) is 1.98. The number of Topliss-reactive ketones (excluding diaryl/α,β-unsaturated/α-hetero) is 1. The second-order valence-corrected chi connectivity index (χ2v) is 6.97. The molecule has 1 saturated heterocycles. The largest absolute Gasteiger partial charge is 0.497 e. The van der Waals surface area contributed by atoms with Crippen molar-refractivity contribution in [3.8, 4) is 5.75 Å². The molecule has 0 saturated carbocycles. The van der Waals surface area contributed by atoms with E-state index in [4.69, 9.17) is 4.74 Å². The molecule has 2 aliphatic rings. The Hall–Kier alpha value is -3.46. The highest BCUT2D eigenvalue weighted by molar-refractivity contribution is 6.52. The lowest BCUT2D eigenvalue weighted by Gasteiger charge is -2.37. The van der Waals surface area contributed by atoms with E-state index in [1.807, 2.05) is 0 Å². The van der Waals surface area contributed by atoms with Crippen LogP contribution in [0.5, 0.6) is 5.75 Å². The highest BCUT2D eigenvalue weighted by atomic mass is 16.6. The van der Waals surface area contributed by atoms with Gasteiger partial charge in [0.2, 0.25) is 0 Å².